The second-order valence-electron chi connectivity index (χ2n) is 3.11. The molecule has 0 aliphatic rings. The van der Waals surface area contributed by atoms with Crippen LogP contribution in [0.5, 0.6) is 0 Å². The molecule has 0 aliphatic carbocycles. The first-order valence-corrected chi connectivity index (χ1v) is 4.79. The lowest BCUT2D eigenvalue weighted by molar-refractivity contribution is 0.313. The monoisotopic (exact) mass is 219 g/mol. The summed E-state index contributed by atoms with van der Waals surface area (Å²) in [5, 5.41) is 0.320. The molecule has 0 aromatic heterocycles. The van der Waals surface area contributed by atoms with Crippen LogP contribution in [0, 0.1) is 5.82 Å². The summed E-state index contributed by atoms with van der Waals surface area (Å²) < 4.78 is 26.3. The molecule has 0 saturated heterocycles. The fraction of sp³-hybridized carbons (Fsp3) is 0.400. The van der Waals surface area contributed by atoms with Crippen LogP contribution in [0.15, 0.2) is 18.2 Å². The van der Waals surface area contributed by atoms with Crippen LogP contribution < -0.4 is 5.73 Å². The first kappa shape index (κ1) is 11.4. The molecule has 0 aliphatic heterocycles. The van der Waals surface area contributed by atoms with E-state index in [1.165, 1.54) is 12.1 Å². The minimum atomic E-state index is -1.09. The third-order valence-electron chi connectivity index (χ3n) is 1.94. The smallest absolute Gasteiger partial charge is 0.127 e. The van der Waals surface area contributed by atoms with Gasteiger partial charge in [-0.2, -0.15) is 0 Å². The van der Waals surface area contributed by atoms with Crippen LogP contribution in [-0.2, 0) is 6.42 Å². The van der Waals surface area contributed by atoms with E-state index >= 15 is 0 Å². The predicted molar refractivity (Wildman–Crippen MR) is 53.7 cm³/mol. The topological polar surface area (TPSA) is 26.0 Å². The number of benzene rings is 1. The van der Waals surface area contributed by atoms with Crippen LogP contribution in [0.1, 0.15) is 12.0 Å². The molecule has 0 spiro atoms. The van der Waals surface area contributed by atoms with Crippen LogP contribution in [-0.4, -0.2) is 12.7 Å². The lowest BCUT2D eigenvalue weighted by Gasteiger charge is -2.07. The van der Waals surface area contributed by atoms with Gasteiger partial charge in [0.15, 0.2) is 0 Å². The molecule has 1 aromatic carbocycles. The maximum Gasteiger partial charge on any atom is 0.127 e. The van der Waals surface area contributed by atoms with Gasteiger partial charge in [-0.15, -0.1) is 0 Å². The SMILES string of the molecule is NCCC(F)Cc1ccc(Cl)cc1F. The number of hydrogen-bond donors (Lipinski definition) is 1. The number of rotatable bonds is 4. The van der Waals surface area contributed by atoms with Crippen molar-refractivity contribution in [2.75, 3.05) is 6.54 Å². The first-order chi connectivity index (χ1) is 6.63. The highest BCUT2D eigenvalue weighted by Crippen LogP contribution is 2.17. The van der Waals surface area contributed by atoms with Crippen molar-refractivity contribution in [3.8, 4) is 0 Å². The van der Waals surface area contributed by atoms with Gasteiger partial charge in [-0.3, -0.25) is 0 Å². The zero-order valence-electron chi connectivity index (χ0n) is 7.64. The van der Waals surface area contributed by atoms with E-state index in [1.807, 2.05) is 0 Å². The third-order valence-corrected chi connectivity index (χ3v) is 2.17. The minimum absolute atomic E-state index is 0.0558. The maximum atomic E-state index is 13.2. The van der Waals surface area contributed by atoms with Gasteiger partial charge in [-0.1, -0.05) is 17.7 Å². The van der Waals surface area contributed by atoms with Crippen molar-refractivity contribution in [3.63, 3.8) is 0 Å². The summed E-state index contributed by atoms with van der Waals surface area (Å²) in [5.41, 5.74) is 5.53. The highest BCUT2D eigenvalue weighted by atomic mass is 35.5. The molecule has 0 bridgehead atoms. The Morgan fingerprint density at radius 3 is 2.71 bits per heavy atom. The summed E-state index contributed by atoms with van der Waals surface area (Å²) in [5.74, 6) is -0.461. The number of alkyl halides is 1. The normalized spacial score (nSPS) is 12.9. The van der Waals surface area contributed by atoms with Crippen molar-refractivity contribution < 1.29 is 8.78 Å². The summed E-state index contributed by atoms with van der Waals surface area (Å²) in [7, 11) is 0. The molecule has 0 saturated carbocycles. The molecule has 2 N–H and O–H groups in total. The highest BCUT2D eigenvalue weighted by molar-refractivity contribution is 6.30. The fourth-order valence-electron chi connectivity index (χ4n) is 1.21. The number of halogens is 3. The minimum Gasteiger partial charge on any atom is -0.330 e. The molecular formula is C10H12ClF2N. The van der Waals surface area contributed by atoms with Gasteiger partial charge >= 0.3 is 0 Å². The Morgan fingerprint density at radius 1 is 1.43 bits per heavy atom. The molecular weight excluding hydrogens is 208 g/mol. The average molecular weight is 220 g/mol. The summed E-state index contributed by atoms with van der Waals surface area (Å²) >= 11 is 5.56. The molecule has 0 radical (unpaired) electrons. The number of hydrogen-bond acceptors (Lipinski definition) is 1. The summed E-state index contributed by atoms with van der Waals surface area (Å²) in [6, 6.07) is 4.24. The van der Waals surface area contributed by atoms with Gasteiger partial charge in [0.25, 0.3) is 0 Å². The zero-order chi connectivity index (χ0) is 10.6. The predicted octanol–water partition coefficient (Wildman–Crippen LogP) is 2.71. The van der Waals surface area contributed by atoms with Gasteiger partial charge < -0.3 is 5.73 Å². The third kappa shape index (κ3) is 3.24. The van der Waals surface area contributed by atoms with Gasteiger partial charge in [0.05, 0.1) is 0 Å². The van der Waals surface area contributed by atoms with Crippen molar-refractivity contribution in [2.24, 2.45) is 5.73 Å². The molecule has 4 heteroatoms. The molecule has 78 valence electrons. The van der Waals surface area contributed by atoms with Crippen LogP contribution >= 0.6 is 11.6 Å². The molecule has 1 rings (SSSR count). The first-order valence-electron chi connectivity index (χ1n) is 4.41. The van der Waals surface area contributed by atoms with Crippen molar-refractivity contribution >= 4 is 11.6 Å². The van der Waals surface area contributed by atoms with Crippen LogP contribution in [0.4, 0.5) is 8.78 Å². The summed E-state index contributed by atoms with van der Waals surface area (Å²) in [4.78, 5) is 0. The Kier molecular flexibility index (Phi) is 4.29. The molecule has 0 fully saturated rings. The van der Waals surface area contributed by atoms with E-state index in [9.17, 15) is 8.78 Å². The molecule has 0 heterocycles. The van der Waals surface area contributed by atoms with Crippen molar-refractivity contribution in [1.82, 2.24) is 0 Å². The maximum absolute atomic E-state index is 13.2. The molecule has 0 amide bonds. The average Bonchev–Trinajstić information content (AvgIpc) is 2.10. The van der Waals surface area contributed by atoms with E-state index in [0.29, 0.717) is 10.6 Å². The van der Waals surface area contributed by atoms with Crippen molar-refractivity contribution in [1.29, 1.82) is 0 Å². The lowest BCUT2D eigenvalue weighted by Crippen LogP contribution is -2.12. The number of nitrogens with two attached hydrogens (primary N) is 1. The van der Waals surface area contributed by atoms with Crippen LogP contribution in [0.3, 0.4) is 0 Å². The fourth-order valence-corrected chi connectivity index (χ4v) is 1.37. The Morgan fingerprint density at radius 2 is 2.14 bits per heavy atom. The lowest BCUT2D eigenvalue weighted by atomic mass is 10.1. The second-order valence-corrected chi connectivity index (χ2v) is 3.55. The van der Waals surface area contributed by atoms with Gasteiger partial charge in [0.2, 0.25) is 0 Å². The van der Waals surface area contributed by atoms with E-state index in [2.05, 4.69) is 0 Å². The molecule has 1 unspecified atom stereocenters. The molecule has 1 aromatic rings. The zero-order valence-corrected chi connectivity index (χ0v) is 8.40. The van der Waals surface area contributed by atoms with Crippen molar-refractivity contribution in [2.45, 2.75) is 19.0 Å². The van der Waals surface area contributed by atoms with Crippen LogP contribution in [0.25, 0.3) is 0 Å². The standard InChI is InChI=1S/C10H12ClF2N/c11-8-2-1-7(10(13)6-8)5-9(12)3-4-14/h1-2,6,9H,3-5,14H2. The Hall–Kier alpha value is -0.670. The van der Waals surface area contributed by atoms with Crippen molar-refractivity contribution in [3.05, 3.63) is 34.6 Å². The van der Waals surface area contributed by atoms with Gasteiger partial charge in [-0.25, -0.2) is 8.78 Å². The quantitative estimate of drug-likeness (QED) is 0.828. The second kappa shape index (κ2) is 5.27. The Balaban J connectivity index is 2.67. The van der Waals surface area contributed by atoms with E-state index in [4.69, 9.17) is 17.3 Å². The van der Waals surface area contributed by atoms with E-state index in [1.54, 1.807) is 6.07 Å². The molecule has 1 nitrogen and oxygen atoms in total. The van der Waals surface area contributed by atoms with E-state index in [-0.39, 0.29) is 19.4 Å². The Labute approximate surface area is 86.9 Å². The molecule has 1 atom stereocenters. The van der Waals surface area contributed by atoms with Crippen LogP contribution in [0.2, 0.25) is 5.02 Å². The van der Waals surface area contributed by atoms with E-state index < -0.39 is 12.0 Å². The largest absolute Gasteiger partial charge is 0.330 e. The van der Waals surface area contributed by atoms with Gasteiger partial charge in [0, 0.05) is 11.4 Å². The summed E-state index contributed by atoms with van der Waals surface area (Å²) in [6.07, 6.45) is -0.780. The highest BCUT2D eigenvalue weighted by Gasteiger charge is 2.10. The van der Waals surface area contributed by atoms with Gasteiger partial charge in [-0.05, 0) is 30.7 Å². The van der Waals surface area contributed by atoms with E-state index in [0.717, 1.165) is 0 Å². The summed E-state index contributed by atoms with van der Waals surface area (Å²) in [6.45, 7) is 0.274. The Bertz CT molecular complexity index is 304. The molecule has 14 heavy (non-hydrogen) atoms. The van der Waals surface area contributed by atoms with Gasteiger partial charge in [0.1, 0.15) is 12.0 Å².